The van der Waals surface area contributed by atoms with Crippen LogP contribution in [0.3, 0.4) is 0 Å². The van der Waals surface area contributed by atoms with E-state index >= 15 is 0 Å². The minimum atomic E-state index is -0.669. The number of nitro benzene ring substituents is 2. The summed E-state index contributed by atoms with van der Waals surface area (Å²) in [5.74, 6) is -0.406. The zero-order valence-electron chi connectivity index (χ0n) is 15.9. The van der Waals surface area contributed by atoms with Gasteiger partial charge in [-0.25, -0.2) is 0 Å². The van der Waals surface area contributed by atoms with Crippen molar-refractivity contribution in [2.45, 2.75) is 0 Å². The van der Waals surface area contributed by atoms with Gasteiger partial charge in [-0.2, -0.15) is 0 Å². The summed E-state index contributed by atoms with van der Waals surface area (Å²) in [7, 11) is 1.31. The Bertz CT molecular complexity index is 1190. The van der Waals surface area contributed by atoms with Gasteiger partial charge < -0.3 is 14.5 Å². The third-order valence-corrected chi connectivity index (χ3v) is 4.24. The number of nitrogens with one attached hydrogen (secondary N) is 2. The van der Waals surface area contributed by atoms with Gasteiger partial charge in [-0.15, -0.1) is 0 Å². The zero-order valence-corrected chi connectivity index (χ0v) is 16.7. The van der Waals surface area contributed by atoms with Crippen LogP contribution in [-0.2, 0) is 0 Å². The number of nitrogens with zero attached hydrogens (tertiary/aromatic N) is 2. The van der Waals surface area contributed by atoms with Crippen molar-refractivity contribution < 1.29 is 23.8 Å². The molecule has 0 aliphatic carbocycles. The highest BCUT2D eigenvalue weighted by Crippen LogP contribution is 2.29. The first-order chi connectivity index (χ1) is 14.8. The number of methoxy groups -OCH3 is 1. The topological polar surface area (TPSA) is 150 Å². The molecule has 0 saturated carbocycles. The maximum absolute atomic E-state index is 12.4. The van der Waals surface area contributed by atoms with Gasteiger partial charge in [0.1, 0.15) is 5.76 Å². The molecule has 0 aliphatic rings. The number of hydrogen-bond donors (Lipinski definition) is 2. The fourth-order valence-electron chi connectivity index (χ4n) is 2.63. The summed E-state index contributed by atoms with van der Waals surface area (Å²) in [6, 6.07) is 12.8. The van der Waals surface area contributed by atoms with Crippen LogP contribution in [0.4, 0.5) is 17.1 Å². The van der Waals surface area contributed by atoms with Crippen molar-refractivity contribution in [1.29, 1.82) is 0 Å². The quantitative estimate of drug-likeness (QED) is 0.329. The van der Waals surface area contributed by atoms with Crippen molar-refractivity contribution in [2.24, 2.45) is 0 Å². The number of nitro groups is 2. The lowest BCUT2D eigenvalue weighted by Gasteiger charge is -2.09. The molecule has 0 atom stereocenters. The molecule has 2 N–H and O–H groups in total. The molecule has 3 aromatic rings. The van der Waals surface area contributed by atoms with Crippen molar-refractivity contribution in [3.8, 4) is 17.1 Å². The molecule has 31 heavy (non-hydrogen) atoms. The Labute approximate surface area is 179 Å². The Morgan fingerprint density at radius 1 is 1.06 bits per heavy atom. The minimum Gasteiger partial charge on any atom is -0.490 e. The van der Waals surface area contributed by atoms with Gasteiger partial charge in [0.15, 0.2) is 16.6 Å². The first kappa shape index (κ1) is 21.4. The number of benzene rings is 2. The fraction of sp³-hybridized carbons (Fsp3) is 0.0526. The minimum absolute atomic E-state index is 0.0774. The van der Waals surface area contributed by atoms with Crippen molar-refractivity contribution in [3.63, 3.8) is 0 Å². The molecule has 0 saturated heterocycles. The Morgan fingerprint density at radius 3 is 2.52 bits per heavy atom. The average Bonchev–Trinajstić information content (AvgIpc) is 3.24. The van der Waals surface area contributed by atoms with E-state index in [0.717, 1.165) is 0 Å². The highest BCUT2D eigenvalue weighted by Gasteiger charge is 2.18. The third-order valence-electron chi connectivity index (χ3n) is 4.03. The standard InChI is InChI=1S/C19H14N4O7S/c1-29-16-6-5-12(10-14(16)23(27)28)20-19(31)21-18(24)17-8-7-15(30-17)11-3-2-4-13(9-11)22(25)26/h2-10H,1H3,(H2,20,21,24,31). The number of anilines is 1. The first-order valence-electron chi connectivity index (χ1n) is 8.58. The van der Waals surface area contributed by atoms with Gasteiger partial charge in [-0.05, 0) is 36.5 Å². The molecule has 158 valence electrons. The largest absolute Gasteiger partial charge is 0.490 e. The summed E-state index contributed by atoms with van der Waals surface area (Å²) in [4.78, 5) is 33.2. The molecule has 0 fully saturated rings. The molecule has 12 heteroatoms. The molecule has 3 rings (SSSR count). The highest BCUT2D eigenvalue weighted by molar-refractivity contribution is 7.80. The second kappa shape index (κ2) is 9.00. The molecule has 1 amide bonds. The molecular formula is C19H14N4O7S. The van der Waals surface area contributed by atoms with Crippen LogP contribution < -0.4 is 15.4 Å². The van der Waals surface area contributed by atoms with E-state index in [2.05, 4.69) is 10.6 Å². The van der Waals surface area contributed by atoms with E-state index in [9.17, 15) is 25.0 Å². The second-order valence-corrected chi connectivity index (χ2v) is 6.43. The number of carbonyl (C=O) groups excluding carboxylic acids is 1. The van der Waals surface area contributed by atoms with E-state index in [4.69, 9.17) is 21.4 Å². The molecule has 1 heterocycles. The van der Waals surface area contributed by atoms with Gasteiger partial charge in [0.25, 0.3) is 11.6 Å². The van der Waals surface area contributed by atoms with Crippen LogP contribution in [0.25, 0.3) is 11.3 Å². The Morgan fingerprint density at radius 2 is 1.84 bits per heavy atom. The van der Waals surface area contributed by atoms with Gasteiger partial charge in [0.2, 0.25) is 0 Å². The van der Waals surface area contributed by atoms with Gasteiger partial charge in [0, 0.05) is 29.4 Å². The summed E-state index contributed by atoms with van der Waals surface area (Å²) >= 11 is 5.07. The van der Waals surface area contributed by atoms with E-state index in [1.807, 2.05) is 0 Å². The molecule has 0 bridgehead atoms. The summed E-state index contributed by atoms with van der Waals surface area (Å²) in [5.41, 5.74) is 0.321. The van der Waals surface area contributed by atoms with Gasteiger partial charge in [0.05, 0.1) is 17.0 Å². The Balaban J connectivity index is 1.69. The molecule has 11 nitrogen and oxygen atoms in total. The molecule has 0 aliphatic heterocycles. The van der Waals surface area contributed by atoms with E-state index in [0.29, 0.717) is 5.56 Å². The predicted octanol–water partition coefficient (Wildman–Crippen LogP) is 3.90. The summed E-state index contributed by atoms with van der Waals surface area (Å²) in [6.07, 6.45) is 0. The number of thiocarbonyl (C=S) groups is 1. The highest BCUT2D eigenvalue weighted by atomic mass is 32.1. The van der Waals surface area contributed by atoms with E-state index in [1.165, 1.54) is 55.6 Å². The van der Waals surface area contributed by atoms with Crippen molar-refractivity contribution >= 4 is 40.3 Å². The van der Waals surface area contributed by atoms with Gasteiger partial charge in [-0.3, -0.25) is 30.3 Å². The number of furan rings is 1. The van der Waals surface area contributed by atoms with Crippen LogP contribution in [0, 0.1) is 20.2 Å². The summed E-state index contributed by atoms with van der Waals surface area (Å²) in [5, 5.41) is 27.0. The predicted molar refractivity (Wildman–Crippen MR) is 114 cm³/mol. The van der Waals surface area contributed by atoms with Crippen LogP contribution in [0.5, 0.6) is 5.75 Å². The molecular weight excluding hydrogens is 428 g/mol. The number of carbonyl (C=O) groups is 1. The maximum atomic E-state index is 12.4. The van der Waals surface area contributed by atoms with Crippen LogP contribution in [0.1, 0.15) is 10.6 Å². The van der Waals surface area contributed by atoms with Crippen molar-refractivity contribution in [3.05, 3.63) is 80.6 Å². The van der Waals surface area contributed by atoms with Crippen LogP contribution in [0.2, 0.25) is 0 Å². The second-order valence-electron chi connectivity index (χ2n) is 6.02. The monoisotopic (exact) mass is 442 g/mol. The Kier molecular flexibility index (Phi) is 6.21. The molecule has 0 spiro atoms. The normalized spacial score (nSPS) is 10.2. The maximum Gasteiger partial charge on any atom is 0.312 e. The van der Waals surface area contributed by atoms with Crippen molar-refractivity contribution in [2.75, 3.05) is 12.4 Å². The molecule has 0 unspecified atom stereocenters. The van der Waals surface area contributed by atoms with E-state index < -0.39 is 15.8 Å². The van der Waals surface area contributed by atoms with Crippen LogP contribution in [-0.4, -0.2) is 28.0 Å². The van der Waals surface area contributed by atoms with E-state index in [-0.39, 0.29) is 39.4 Å². The Hall–Kier alpha value is -4.32. The summed E-state index contributed by atoms with van der Waals surface area (Å²) in [6.45, 7) is 0. The number of hydrogen-bond acceptors (Lipinski definition) is 8. The smallest absolute Gasteiger partial charge is 0.312 e. The van der Waals surface area contributed by atoms with Gasteiger partial charge in [-0.1, -0.05) is 12.1 Å². The first-order valence-corrected chi connectivity index (χ1v) is 8.98. The molecule has 0 radical (unpaired) electrons. The number of amides is 1. The van der Waals surface area contributed by atoms with Gasteiger partial charge >= 0.3 is 5.69 Å². The lowest BCUT2D eigenvalue weighted by molar-refractivity contribution is -0.385. The molecule has 1 aromatic heterocycles. The number of rotatable bonds is 6. The fourth-order valence-corrected chi connectivity index (χ4v) is 2.84. The molecule has 2 aromatic carbocycles. The van der Waals surface area contributed by atoms with Crippen LogP contribution in [0.15, 0.2) is 59.0 Å². The third kappa shape index (κ3) is 5.00. The number of ether oxygens (including phenoxy) is 1. The lowest BCUT2D eigenvalue weighted by Crippen LogP contribution is -2.33. The number of non-ortho nitro benzene ring substituents is 1. The average molecular weight is 442 g/mol. The van der Waals surface area contributed by atoms with Crippen LogP contribution >= 0.6 is 12.2 Å². The van der Waals surface area contributed by atoms with Crippen molar-refractivity contribution in [1.82, 2.24) is 5.32 Å². The zero-order chi connectivity index (χ0) is 22.5. The SMILES string of the molecule is COc1ccc(NC(=S)NC(=O)c2ccc(-c3cccc([N+](=O)[O-])c3)o2)cc1[N+](=O)[O-]. The van der Waals surface area contributed by atoms with E-state index in [1.54, 1.807) is 6.07 Å². The lowest BCUT2D eigenvalue weighted by atomic mass is 10.1. The summed E-state index contributed by atoms with van der Waals surface area (Å²) < 4.78 is 10.4.